The van der Waals surface area contributed by atoms with Gasteiger partial charge in [-0.05, 0) is 31.2 Å². The summed E-state index contributed by atoms with van der Waals surface area (Å²) in [4.78, 5) is 30.6. The van der Waals surface area contributed by atoms with Gasteiger partial charge in [-0.25, -0.2) is 9.37 Å². The highest BCUT2D eigenvalue weighted by Crippen LogP contribution is 2.29. The third-order valence-electron chi connectivity index (χ3n) is 4.25. The number of carbonyl (C=O) groups is 2. The largest absolute Gasteiger partial charge is 0.336 e. The minimum atomic E-state index is -0.485. The van der Waals surface area contributed by atoms with Gasteiger partial charge in [0.2, 0.25) is 11.8 Å². The molecular formula is C20H20FN3O2S2. The Morgan fingerprint density at radius 3 is 2.64 bits per heavy atom. The lowest BCUT2D eigenvalue weighted by Gasteiger charge is -2.23. The number of thiazole rings is 1. The Balaban J connectivity index is 1.49. The van der Waals surface area contributed by atoms with Gasteiger partial charge in [-0.2, -0.15) is 0 Å². The third-order valence-corrected chi connectivity index (χ3v) is 6.37. The van der Waals surface area contributed by atoms with Gasteiger partial charge < -0.3 is 10.2 Å². The molecule has 2 amide bonds. The predicted molar refractivity (Wildman–Crippen MR) is 113 cm³/mol. The van der Waals surface area contributed by atoms with Crippen molar-refractivity contribution >= 4 is 50.8 Å². The van der Waals surface area contributed by atoms with E-state index in [0.29, 0.717) is 0 Å². The van der Waals surface area contributed by atoms with E-state index in [-0.39, 0.29) is 35.0 Å². The van der Waals surface area contributed by atoms with Crippen molar-refractivity contribution in [2.75, 3.05) is 23.9 Å². The molecule has 0 unspecified atom stereocenters. The molecule has 2 aromatic carbocycles. The topological polar surface area (TPSA) is 62.3 Å². The van der Waals surface area contributed by atoms with Crippen LogP contribution in [-0.4, -0.2) is 40.3 Å². The second-order valence-corrected chi connectivity index (χ2v) is 8.27. The molecule has 1 N–H and O–H groups in total. The molecule has 0 fully saturated rings. The first kappa shape index (κ1) is 20.3. The quantitative estimate of drug-likeness (QED) is 0.622. The van der Waals surface area contributed by atoms with Crippen LogP contribution in [0.15, 0.2) is 48.5 Å². The van der Waals surface area contributed by atoms with Gasteiger partial charge in [0.15, 0.2) is 0 Å². The van der Waals surface area contributed by atoms with Gasteiger partial charge in [-0.3, -0.25) is 9.59 Å². The summed E-state index contributed by atoms with van der Waals surface area (Å²) in [5, 5.41) is 3.38. The van der Waals surface area contributed by atoms with Crippen LogP contribution in [0.2, 0.25) is 0 Å². The Morgan fingerprint density at radius 1 is 1.18 bits per heavy atom. The monoisotopic (exact) mass is 417 g/mol. The number of anilines is 1. The number of rotatable bonds is 7. The lowest BCUT2D eigenvalue weighted by Crippen LogP contribution is -2.31. The van der Waals surface area contributed by atoms with E-state index in [1.165, 1.54) is 23.9 Å². The van der Waals surface area contributed by atoms with E-state index >= 15 is 0 Å². The second-order valence-electron chi connectivity index (χ2n) is 6.22. The maximum atomic E-state index is 13.5. The van der Waals surface area contributed by atoms with E-state index in [0.717, 1.165) is 15.2 Å². The molecule has 3 aromatic rings. The molecule has 0 saturated heterocycles. The van der Waals surface area contributed by atoms with Crippen molar-refractivity contribution in [2.45, 2.75) is 13.0 Å². The molecule has 0 saturated carbocycles. The molecule has 0 aliphatic rings. The predicted octanol–water partition coefficient (Wildman–Crippen LogP) is 4.33. The average molecular weight is 418 g/mol. The Bertz CT molecular complexity index is 959. The summed E-state index contributed by atoms with van der Waals surface area (Å²) < 4.78 is 14.6. The number of nitrogens with one attached hydrogen (secondary N) is 1. The highest BCUT2D eigenvalue weighted by Gasteiger charge is 2.21. The first-order valence-corrected chi connectivity index (χ1v) is 10.7. The van der Waals surface area contributed by atoms with Crippen LogP contribution in [-0.2, 0) is 9.59 Å². The maximum Gasteiger partial charge on any atom is 0.234 e. The van der Waals surface area contributed by atoms with Crippen LogP contribution in [0.25, 0.3) is 10.2 Å². The van der Waals surface area contributed by atoms with Crippen LogP contribution in [0.4, 0.5) is 10.1 Å². The van der Waals surface area contributed by atoms with Crippen LogP contribution in [0.5, 0.6) is 0 Å². The molecular weight excluding hydrogens is 397 g/mol. The fourth-order valence-corrected chi connectivity index (χ4v) is 4.33. The first-order chi connectivity index (χ1) is 13.5. The Kier molecular flexibility index (Phi) is 6.64. The van der Waals surface area contributed by atoms with Gasteiger partial charge in [-0.1, -0.05) is 24.3 Å². The summed E-state index contributed by atoms with van der Waals surface area (Å²) in [7, 11) is 1.74. The zero-order valence-electron chi connectivity index (χ0n) is 15.5. The SMILES string of the molecule is C[C@H](c1nc2ccccc2s1)N(C)C(=O)CSCC(=O)Nc1ccccc1F. The number of para-hydroxylation sites is 2. The van der Waals surface area contributed by atoms with Crippen molar-refractivity contribution in [2.24, 2.45) is 0 Å². The zero-order chi connectivity index (χ0) is 20.1. The zero-order valence-corrected chi connectivity index (χ0v) is 17.1. The van der Waals surface area contributed by atoms with E-state index in [1.807, 2.05) is 31.2 Å². The van der Waals surface area contributed by atoms with Gasteiger partial charge in [0.05, 0.1) is 33.5 Å². The molecule has 8 heteroatoms. The summed E-state index contributed by atoms with van der Waals surface area (Å²) >= 11 is 2.77. The number of halogens is 1. The number of hydrogen-bond donors (Lipinski definition) is 1. The second kappa shape index (κ2) is 9.16. The first-order valence-electron chi connectivity index (χ1n) is 8.69. The van der Waals surface area contributed by atoms with Crippen LogP contribution in [0, 0.1) is 5.82 Å². The van der Waals surface area contributed by atoms with E-state index in [2.05, 4.69) is 10.3 Å². The number of nitrogens with zero attached hydrogens (tertiary/aromatic N) is 2. The van der Waals surface area contributed by atoms with Crippen LogP contribution in [0.3, 0.4) is 0 Å². The number of hydrogen-bond acceptors (Lipinski definition) is 5. The summed E-state index contributed by atoms with van der Waals surface area (Å²) in [5.41, 5.74) is 1.07. The van der Waals surface area contributed by atoms with E-state index < -0.39 is 5.82 Å². The molecule has 146 valence electrons. The van der Waals surface area contributed by atoms with Crippen molar-refractivity contribution in [1.29, 1.82) is 0 Å². The molecule has 0 bridgehead atoms. The molecule has 1 atom stereocenters. The van der Waals surface area contributed by atoms with E-state index in [1.54, 1.807) is 35.4 Å². The molecule has 0 aliphatic carbocycles. The van der Waals surface area contributed by atoms with Crippen LogP contribution >= 0.6 is 23.1 Å². The summed E-state index contributed by atoms with van der Waals surface area (Å²) in [6.07, 6.45) is 0. The van der Waals surface area contributed by atoms with Gasteiger partial charge in [-0.15, -0.1) is 23.1 Å². The number of carbonyl (C=O) groups excluding carboxylic acids is 2. The minimum Gasteiger partial charge on any atom is -0.336 e. The highest BCUT2D eigenvalue weighted by atomic mass is 32.2. The molecule has 5 nitrogen and oxygen atoms in total. The van der Waals surface area contributed by atoms with E-state index in [9.17, 15) is 14.0 Å². The van der Waals surface area contributed by atoms with Crippen molar-refractivity contribution in [1.82, 2.24) is 9.88 Å². The Labute approximate surface area is 171 Å². The molecule has 3 rings (SSSR count). The van der Waals surface area contributed by atoms with Gasteiger partial charge in [0.1, 0.15) is 10.8 Å². The number of fused-ring (bicyclic) bond motifs is 1. The lowest BCUT2D eigenvalue weighted by molar-refractivity contribution is -0.128. The minimum absolute atomic E-state index is 0.0729. The Morgan fingerprint density at radius 2 is 1.89 bits per heavy atom. The molecule has 1 aromatic heterocycles. The number of amides is 2. The standard InChI is InChI=1S/C20H20FN3O2S2/c1-13(20-23-16-9-5-6-10-17(16)28-20)24(2)19(26)12-27-11-18(25)22-15-8-4-3-7-14(15)21/h3-10,13H,11-12H2,1-2H3,(H,22,25)/t13-/m1/s1. The van der Waals surface area contributed by atoms with Crippen LogP contribution < -0.4 is 5.32 Å². The van der Waals surface area contributed by atoms with Crippen molar-refractivity contribution < 1.29 is 14.0 Å². The molecule has 0 radical (unpaired) electrons. The lowest BCUT2D eigenvalue weighted by atomic mass is 10.3. The number of benzene rings is 2. The molecule has 0 aliphatic heterocycles. The maximum absolute atomic E-state index is 13.5. The van der Waals surface area contributed by atoms with Crippen molar-refractivity contribution in [3.8, 4) is 0 Å². The van der Waals surface area contributed by atoms with Gasteiger partial charge >= 0.3 is 0 Å². The van der Waals surface area contributed by atoms with Gasteiger partial charge in [0.25, 0.3) is 0 Å². The fraction of sp³-hybridized carbons (Fsp3) is 0.250. The third kappa shape index (κ3) is 4.88. The van der Waals surface area contributed by atoms with E-state index in [4.69, 9.17) is 0 Å². The highest BCUT2D eigenvalue weighted by molar-refractivity contribution is 8.00. The molecule has 1 heterocycles. The average Bonchev–Trinajstić information content (AvgIpc) is 3.12. The smallest absolute Gasteiger partial charge is 0.234 e. The number of aromatic nitrogens is 1. The van der Waals surface area contributed by atoms with Crippen LogP contribution in [0.1, 0.15) is 18.0 Å². The van der Waals surface area contributed by atoms with Crippen molar-refractivity contribution in [3.05, 3.63) is 59.4 Å². The Hall–Kier alpha value is -2.45. The normalized spacial score (nSPS) is 12.0. The fourth-order valence-electron chi connectivity index (χ4n) is 2.53. The summed E-state index contributed by atoms with van der Waals surface area (Å²) in [5.74, 6) is -0.679. The summed E-state index contributed by atoms with van der Waals surface area (Å²) in [6, 6.07) is 13.7. The summed E-state index contributed by atoms with van der Waals surface area (Å²) in [6.45, 7) is 1.94. The van der Waals surface area contributed by atoms with Gasteiger partial charge in [0, 0.05) is 7.05 Å². The molecule has 0 spiro atoms. The number of thioether (sulfide) groups is 1. The molecule has 28 heavy (non-hydrogen) atoms. The van der Waals surface area contributed by atoms with Crippen molar-refractivity contribution in [3.63, 3.8) is 0 Å².